The Hall–Kier alpha value is -1.36. The van der Waals surface area contributed by atoms with Crippen LogP contribution in [0, 0.1) is 0 Å². The van der Waals surface area contributed by atoms with Gasteiger partial charge in [0.2, 0.25) is 5.91 Å². The molecule has 0 heterocycles. The highest BCUT2D eigenvalue weighted by atomic mass is 16.5. The third-order valence-electron chi connectivity index (χ3n) is 1.88. The van der Waals surface area contributed by atoms with E-state index >= 15 is 0 Å². The summed E-state index contributed by atoms with van der Waals surface area (Å²) in [6.45, 7) is 4.67. The van der Waals surface area contributed by atoms with Crippen molar-refractivity contribution in [3.05, 3.63) is 11.6 Å². The Morgan fingerprint density at radius 1 is 1.31 bits per heavy atom. The molecule has 0 fully saturated rings. The number of aliphatic carboxylic acids is 1. The molecule has 0 aliphatic rings. The molecular weight excluding hydrogens is 210 g/mol. The topological polar surface area (TPSA) is 66.8 Å². The van der Waals surface area contributed by atoms with Gasteiger partial charge in [-0.2, -0.15) is 0 Å². The number of hydrogen-bond donors (Lipinski definition) is 1. The largest absolute Gasteiger partial charge is 0.481 e. The van der Waals surface area contributed by atoms with Crippen LogP contribution in [0.3, 0.4) is 0 Å². The number of carboxylic acids is 1. The highest BCUT2D eigenvalue weighted by molar-refractivity contribution is 5.88. The molecule has 92 valence electrons. The molecular formula is C11H19NO4. The van der Waals surface area contributed by atoms with Crippen molar-refractivity contribution < 1.29 is 19.4 Å². The average molecular weight is 229 g/mol. The van der Waals surface area contributed by atoms with Gasteiger partial charge in [-0.05, 0) is 13.8 Å². The number of carbonyl (C=O) groups is 2. The van der Waals surface area contributed by atoms with E-state index in [1.807, 2.05) is 13.8 Å². The van der Waals surface area contributed by atoms with Gasteiger partial charge in [0, 0.05) is 26.3 Å². The van der Waals surface area contributed by atoms with Gasteiger partial charge in [0.15, 0.2) is 0 Å². The minimum atomic E-state index is -0.910. The normalized spacial score (nSPS) is 9.69. The first-order valence-electron chi connectivity index (χ1n) is 5.12. The predicted molar refractivity (Wildman–Crippen MR) is 60.1 cm³/mol. The summed E-state index contributed by atoms with van der Waals surface area (Å²) in [5, 5.41) is 8.57. The van der Waals surface area contributed by atoms with Gasteiger partial charge in [-0.25, -0.2) is 0 Å². The van der Waals surface area contributed by atoms with Gasteiger partial charge in [0.05, 0.1) is 13.0 Å². The molecule has 16 heavy (non-hydrogen) atoms. The lowest BCUT2D eigenvalue weighted by Gasteiger charge is -2.20. The molecule has 0 aliphatic heterocycles. The molecule has 0 atom stereocenters. The van der Waals surface area contributed by atoms with Crippen LogP contribution < -0.4 is 0 Å². The molecule has 0 aromatic heterocycles. The zero-order chi connectivity index (χ0) is 12.6. The molecule has 0 radical (unpaired) electrons. The van der Waals surface area contributed by atoms with Gasteiger partial charge in [0.25, 0.3) is 0 Å². The molecule has 0 aromatic carbocycles. The number of nitrogens with zero attached hydrogens (tertiary/aromatic N) is 1. The number of ether oxygens (including phenoxy) is 1. The van der Waals surface area contributed by atoms with E-state index in [1.54, 1.807) is 7.11 Å². The number of carboxylic acid groups (broad SMARTS) is 1. The van der Waals surface area contributed by atoms with Gasteiger partial charge < -0.3 is 14.7 Å². The van der Waals surface area contributed by atoms with Crippen molar-refractivity contribution in [2.75, 3.05) is 26.8 Å². The quantitative estimate of drug-likeness (QED) is 0.659. The smallest absolute Gasteiger partial charge is 0.305 e. The Morgan fingerprint density at radius 3 is 2.38 bits per heavy atom. The maximum atomic E-state index is 11.7. The van der Waals surface area contributed by atoms with Crippen LogP contribution in [0.15, 0.2) is 11.6 Å². The van der Waals surface area contributed by atoms with Gasteiger partial charge in [-0.15, -0.1) is 0 Å². The maximum absolute atomic E-state index is 11.7. The fourth-order valence-corrected chi connectivity index (χ4v) is 1.10. The Kier molecular flexibility index (Phi) is 7.20. The van der Waals surface area contributed by atoms with Crippen molar-refractivity contribution in [3.63, 3.8) is 0 Å². The molecule has 0 aliphatic carbocycles. The summed E-state index contributed by atoms with van der Waals surface area (Å²) >= 11 is 0. The van der Waals surface area contributed by atoms with Crippen LogP contribution in [0.25, 0.3) is 0 Å². The second-order valence-corrected chi connectivity index (χ2v) is 3.68. The molecule has 5 heteroatoms. The van der Waals surface area contributed by atoms with Crippen molar-refractivity contribution >= 4 is 11.9 Å². The zero-order valence-electron chi connectivity index (χ0n) is 10.0. The Labute approximate surface area is 95.7 Å². The van der Waals surface area contributed by atoms with Crippen molar-refractivity contribution in [2.24, 2.45) is 0 Å². The summed E-state index contributed by atoms with van der Waals surface area (Å²) in [5.41, 5.74) is 0.891. The van der Waals surface area contributed by atoms with E-state index in [9.17, 15) is 9.59 Å². The Morgan fingerprint density at radius 2 is 1.94 bits per heavy atom. The molecule has 0 saturated carbocycles. The van der Waals surface area contributed by atoms with Crippen LogP contribution in [-0.2, 0) is 14.3 Å². The highest BCUT2D eigenvalue weighted by Gasteiger charge is 2.12. The summed E-state index contributed by atoms with van der Waals surface area (Å²) in [6, 6.07) is 0. The van der Waals surface area contributed by atoms with Crippen molar-refractivity contribution in [2.45, 2.75) is 20.3 Å². The van der Waals surface area contributed by atoms with Crippen molar-refractivity contribution in [1.29, 1.82) is 0 Å². The Balaban J connectivity index is 4.34. The maximum Gasteiger partial charge on any atom is 0.305 e. The molecule has 0 spiro atoms. The van der Waals surface area contributed by atoms with Gasteiger partial charge in [-0.1, -0.05) is 5.57 Å². The van der Waals surface area contributed by atoms with Crippen LogP contribution in [-0.4, -0.2) is 48.7 Å². The number of rotatable bonds is 7. The van der Waals surface area contributed by atoms with E-state index in [4.69, 9.17) is 9.84 Å². The summed E-state index contributed by atoms with van der Waals surface area (Å²) in [4.78, 5) is 23.6. The summed E-state index contributed by atoms with van der Waals surface area (Å²) in [7, 11) is 1.54. The molecule has 5 nitrogen and oxygen atoms in total. The van der Waals surface area contributed by atoms with E-state index in [0.29, 0.717) is 13.2 Å². The monoisotopic (exact) mass is 229 g/mol. The molecule has 0 aromatic rings. The van der Waals surface area contributed by atoms with Gasteiger partial charge in [-0.3, -0.25) is 9.59 Å². The zero-order valence-corrected chi connectivity index (χ0v) is 10.0. The fourth-order valence-electron chi connectivity index (χ4n) is 1.10. The van der Waals surface area contributed by atoms with Crippen LogP contribution in [0.5, 0.6) is 0 Å². The first kappa shape index (κ1) is 14.6. The minimum Gasteiger partial charge on any atom is -0.481 e. The SMILES string of the molecule is COCCN(CCC(=O)O)C(=O)C=C(C)C. The van der Waals surface area contributed by atoms with Crippen LogP contribution in [0.2, 0.25) is 0 Å². The molecule has 0 saturated heterocycles. The third kappa shape index (κ3) is 7.00. The van der Waals surface area contributed by atoms with E-state index < -0.39 is 5.97 Å². The predicted octanol–water partition coefficient (Wildman–Crippen LogP) is 0.902. The first-order chi connectivity index (χ1) is 7.47. The standard InChI is InChI=1S/C11H19NO4/c1-9(2)8-10(13)12(6-7-16-3)5-4-11(14)15/h8H,4-7H2,1-3H3,(H,14,15). The second kappa shape index (κ2) is 7.87. The third-order valence-corrected chi connectivity index (χ3v) is 1.88. The summed E-state index contributed by atoms with van der Waals surface area (Å²) < 4.78 is 4.87. The number of methoxy groups -OCH3 is 1. The van der Waals surface area contributed by atoms with Crippen molar-refractivity contribution in [3.8, 4) is 0 Å². The molecule has 0 rings (SSSR count). The lowest BCUT2D eigenvalue weighted by molar-refractivity contribution is -0.138. The van der Waals surface area contributed by atoms with E-state index in [1.165, 1.54) is 11.0 Å². The van der Waals surface area contributed by atoms with Crippen LogP contribution in [0.1, 0.15) is 20.3 Å². The van der Waals surface area contributed by atoms with E-state index in [-0.39, 0.29) is 18.9 Å². The first-order valence-corrected chi connectivity index (χ1v) is 5.12. The van der Waals surface area contributed by atoms with Gasteiger partial charge in [0.1, 0.15) is 0 Å². The van der Waals surface area contributed by atoms with Crippen molar-refractivity contribution in [1.82, 2.24) is 4.90 Å². The molecule has 1 amide bonds. The lowest BCUT2D eigenvalue weighted by atomic mass is 10.3. The molecule has 1 N–H and O–H groups in total. The Bertz CT molecular complexity index is 269. The number of carbonyl (C=O) groups excluding carboxylic acids is 1. The highest BCUT2D eigenvalue weighted by Crippen LogP contribution is 1.98. The molecule has 0 unspecified atom stereocenters. The fraction of sp³-hybridized carbons (Fsp3) is 0.636. The summed E-state index contributed by atoms with van der Waals surface area (Å²) in [6.07, 6.45) is 1.45. The van der Waals surface area contributed by atoms with Gasteiger partial charge >= 0.3 is 5.97 Å². The molecule has 0 bridgehead atoms. The number of allylic oxidation sites excluding steroid dienone is 1. The number of amides is 1. The number of hydrogen-bond acceptors (Lipinski definition) is 3. The summed E-state index contributed by atoms with van der Waals surface area (Å²) in [5.74, 6) is -1.08. The van der Waals surface area contributed by atoms with E-state index in [2.05, 4.69) is 0 Å². The van der Waals surface area contributed by atoms with Crippen LogP contribution >= 0.6 is 0 Å². The average Bonchev–Trinajstić information content (AvgIpc) is 2.16. The van der Waals surface area contributed by atoms with Crippen LogP contribution in [0.4, 0.5) is 0 Å². The lowest BCUT2D eigenvalue weighted by Crippen LogP contribution is -2.34. The minimum absolute atomic E-state index is 0.0495. The second-order valence-electron chi connectivity index (χ2n) is 3.68. The van der Waals surface area contributed by atoms with E-state index in [0.717, 1.165) is 5.57 Å².